The number of amides is 1. The molecule has 0 radical (unpaired) electrons. The van der Waals surface area contributed by atoms with Crippen LogP contribution in [0.15, 0.2) is 0 Å². The number of carbonyl (C=O) groups excluding carboxylic acids is 2. The van der Waals surface area contributed by atoms with Crippen LogP contribution in [-0.2, 0) is 9.53 Å². The Balaban J connectivity index is 4.31. The molecule has 0 aromatic heterocycles. The summed E-state index contributed by atoms with van der Waals surface area (Å²) >= 11 is 0. The number of ether oxygens (including phenoxy) is 1. The summed E-state index contributed by atoms with van der Waals surface area (Å²) in [6.07, 6.45) is -0.785. The topological polar surface area (TPSA) is 55.4 Å². The molecule has 88 valence electrons. The Labute approximate surface area is 89.2 Å². The molecule has 4 nitrogen and oxygen atoms in total. The molecule has 0 aliphatic carbocycles. The fourth-order valence-electron chi connectivity index (χ4n) is 0.920. The van der Waals surface area contributed by atoms with Crippen molar-refractivity contribution in [3.05, 3.63) is 0 Å². The predicted octanol–water partition coefficient (Wildman–Crippen LogP) is 2.03. The molecule has 0 aromatic carbocycles. The molecular formula is C10H18FNO3. The number of hydrogen-bond donors (Lipinski definition) is 1. The molecule has 0 saturated heterocycles. The first kappa shape index (κ1) is 13.9. The molecule has 1 N–H and O–H groups in total. The Kier molecular flexibility index (Phi) is 4.71. The van der Waals surface area contributed by atoms with Crippen molar-refractivity contribution in [2.75, 3.05) is 0 Å². The average Bonchev–Trinajstić information content (AvgIpc) is 1.95. The molecule has 0 spiro atoms. The third-order valence-corrected chi connectivity index (χ3v) is 1.58. The predicted molar refractivity (Wildman–Crippen MR) is 54.1 cm³/mol. The summed E-state index contributed by atoms with van der Waals surface area (Å²) in [6.45, 7) is 8.34. The van der Waals surface area contributed by atoms with Crippen LogP contribution in [0.3, 0.4) is 0 Å². The molecule has 0 saturated carbocycles. The van der Waals surface area contributed by atoms with Gasteiger partial charge in [0.05, 0.1) is 0 Å². The number of halogens is 1. The van der Waals surface area contributed by atoms with Crippen molar-refractivity contribution < 1.29 is 18.7 Å². The third kappa shape index (κ3) is 6.04. The van der Waals surface area contributed by atoms with E-state index in [1.165, 1.54) is 0 Å². The van der Waals surface area contributed by atoms with Gasteiger partial charge in [-0.05, 0) is 26.7 Å². The maximum absolute atomic E-state index is 12.5. The first-order valence-corrected chi connectivity index (χ1v) is 4.82. The van der Waals surface area contributed by atoms with Crippen LogP contribution in [0.2, 0.25) is 0 Å². The van der Waals surface area contributed by atoms with Crippen molar-refractivity contribution in [1.29, 1.82) is 0 Å². The zero-order valence-corrected chi connectivity index (χ0v) is 9.76. The fourth-order valence-corrected chi connectivity index (χ4v) is 0.920. The summed E-state index contributed by atoms with van der Waals surface area (Å²) in [5.41, 5.74) is -0.662. The van der Waals surface area contributed by atoms with Gasteiger partial charge in [0.1, 0.15) is 11.6 Å². The highest BCUT2D eigenvalue weighted by Gasteiger charge is 2.26. The number of hydrogen-bond acceptors (Lipinski definition) is 3. The zero-order valence-electron chi connectivity index (χ0n) is 9.76. The van der Waals surface area contributed by atoms with E-state index in [1.54, 1.807) is 34.6 Å². The van der Waals surface area contributed by atoms with Crippen LogP contribution in [0, 0.1) is 5.92 Å². The standard InChI is InChI=1S/C10H18FNO3/c1-6(2)7(8(11)13)12-9(14)15-10(3,4)5/h6-7H,1-5H3,(H,12,14)/t7-/m0/s1. The van der Waals surface area contributed by atoms with Gasteiger partial charge in [0.25, 0.3) is 0 Å². The number of nitrogens with one attached hydrogen (secondary N) is 1. The molecule has 0 aliphatic rings. The van der Waals surface area contributed by atoms with Gasteiger partial charge in [-0.25, -0.2) is 4.79 Å². The number of carbonyl (C=O) groups is 2. The molecule has 0 bridgehead atoms. The van der Waals surface area contributed by atoms with E-state index >= 15 is 0 Å². The van der Waals surface area contributed by atoms with Gasteiger partial charge in [-0.3, -0.25) is 4.79 Å². The van der Waals surface area contributed by atoms with Crippen molar-refractivity contribution in [3.8, 4) is 0 Å². The lowest BCUT2D eigenvalue weighted by atomic mass is 10.1. The summed E-state index contributed by atoms with van der Waals surface area (Å²) < 4.78 is 17.4. The lowest BCUT2D eigenvalue weighted by Crippen LogP contribution is -2.45. The summed E-state index contributed by atoms with van der Waals surface area (Å²) in [4.78, 5) is 21.8. The monoisotopic (exact) mass is 219 g/mol. The van der Waals surface area contributed by atoms with Gasteiger partial charge < -0.3 is 10.1 Å². The molecule has 15 heavy (non-hydrogen) atoms. The minimum absolute atomic E-state index is 0.310. The van der Waals surface area contributed by atoms with Crippen molar-refractivity contribution >= 4 is 12.1 Å². The van der Waals surface area contributed by atoms with Crippen LogP contribution < -0.4 is 5.32 Å². The van der Waals surface area contributed by atoms with E-state index in [1.807, 2.05) is 0 Å². The van der Waals surface area contributed by atoms with E-state index in [9.17, 15) is 14.0 Å². The van der Waals surface area contributed by atoms with Crippen LogP contribution in [0.4, 0.5) is 9.18 Å². The Bertz CT molecular complexity index is 246. The smallest absolute Gasteiger partial charge is 0.408 e. The quantitative estimate of drug-likeness (QED) is 0.739. The molecular weight excluding hydrogens is 201 g/mol. The Morgan fingerprint density at radius 1 is 1.27 bits per heavy atom. The number of rotatable bonds is 3. The van der Waals surface area contributed by atoms with Gasteiger partial charge in [0, 0.05) is 0 Å². The van der Waals surface area contributed by atoms with Crippen LogP contribution in [0.5, 0.6) is 0 Å². The summed E-state index contributed by atoms with van der Waals surface area (Å²) in [7, 11) is 0. The van der Waals surface area contributed by atoms with Gasteiger partial charge in [-0.1, -0.05) is 13.8 Å². The lowest BCUT2D eigenvalue weighted by Gasteiger charge is -2.23. The molecule has 1 amide bonds. The van der Waals surface area contributed by atoms with Gasteiger partial charge in [-0.15, -0.1) is 0 Å². The van der Waals surface area contributed by atoms with Gasteiger partial charge in [0.15, 0.2) is 0 Å². The Hall–Kier alpha value is -1.13. The highest BCUT2D eigenvalue weighted by molar-refractivity contribution is 5.80. The first-order valence-electron chi connectivity index (χ1n) is 4.82. The van der Waals surface area contributed by atoms with Crippen LogP contribution >= 0.6 is 0 Å². The Morgan fingerprint density at radius 2 is 1.73 bits per heavy atom. The highest BCUT2D eigenvalue weighted by Crippen LogP contribution is 2.09. The lowest BCUT2D eigenvalue weighted by molar-refractivity contribution is -0.132. The minimum Gasteiger partial charge on any atom is -0.444 e. The minimum atomic E-state index is -1.56. The van der Waals surface area contributed by atoms with E-state index in [0.717, 1.165) is 0 Å². The van der Waals surface area contributed by atoms with Crippen molar-refractivity contribution in [1.82, 2.24) is 5.32 Å². The van der Waals surface area contributed by atoms with E-state index in [4.69, 9.17) is 4.74 Å². The molecule has 0 heterocycles. The van der Waals surface area contributed by atoms with Crippen molar-refractivity contribution in [3.63, 3.8) is 0 Å². The first-order chi connectivity index (χ1) is 6.63. The molecule has 5 heteroatoms. The molecule has 0 aliphatic heterocycles. The van der Waals surface area contributed by atoms with Crippen LogP contribution in [-0.4, -0.2) is 23.8 Å². The van der Waals surface area contributed by atoms with Gasteiger partial charge in [-0.2, -0.15) is 4.39 Å². The van der Waals surface area contributed by atoms with E-state index in [0.29, 0.717) is 0 Å². The second-order valence-corrected chi connectivity index (χ2v) is 4.67. The van der Waals surface area contributed by atoms with Crippen LogP contribution in [0.1, 0.15) is 34.6 Å². The zero-order chi connectivity index (χ0) is 12.2. The SMILES string of the molecule is CC(C)[C@H](NC(=O)OC(C)(C)C)C(=O)F. The van der Waals surface area contributed by atoms with Crippen LogP contribution in [0.25, 0.3) is 0 Å². The number of alkyl carbamates (subject to hydrolysis) is 1. The molecule has 0 rings (SSSR count). The fraction of sp³-hybridized carbons (Fsp3) is 0.800. The van der Waals surface area contributed by atoms with Crippen molar-refractivity contribution in [2.45, 2.75) is 46.3 Å². The summed E-state index contributed by atoms with van der Waals surface area (Å²) in [5.74, 6) is -0.310. The van der Waals surface area contributed by atoms with Gasteiger partial charge >= 0.3 is 12.1 Å². The molecule has 1 atom stereocenters. The van der Waals surface area contributed by atoms with Gasteiger partial charge in [0.2, 0.25) is 0 Å². The summed E-state index contributed by atoms with van der Waals surface area (Å²) in [6, 6.07) is -2.70. The Morgan fingerprint density at radius 3 is 2.00 bits per heavy atom. The maximum atomic E-state index is 12.5. The average molecular weight is 219 g/mol. The normalized spacial score (nSPS) is 13.5. The molecule has 0 aromatic rings. The second kappa shape index (κ2) is 5.09. The molecule has 0 fully saturated rings. The summed E-state index contributed by atoms with van der Waals surface area (Å²) in [5, 5.41) is 2.19. The largest absolute Gasteiger partial charge is 0.444 e. The third-order valence-electron chi connectivity index (χ3n) is 1.58. The second-order valence-electron chi connectivity index (χ2n) is 4.67. The maximum Gasteiger partial charge on any atom is 0.408 e. The van der Waals surface area contributed by atoms with E-state index in [-0.39, 0.29) is 5.92 Å². The van der Waals surface area contributed by atoms with Crippen molar-refractivity contribution in [2.24, 2.45) is 5.92 Å². The van der Waals surface area contributed by atoms with E-state index < -0.39 is 23.8 Å². The molecule has 0 unspecified atom stereocenters. The highest BCUT2D eigenvalue weighted by atomic mass is 19.1. The van der Waals surface area contributed by atoms with E-state index in [2.05, 4.69) is 5.32 Å².